The van der Waals surface area contributed by atoms with E-state index < -0.39 is 48.4 Å². The number of carbonyl (C=O) groups is 4. The van der Waals surface area contributed by atoms with Crippen LogP contribution in [-0.4, -0.2) is 54.2 Å². The fourth-order valence-corrected chi connectivity index (χ4v) is 3.82. The van der Waals surface area contributed by atoms with Crippen LogP contribution in [0.15, 0.2) is 41.1 Å². The number of benzene rings is 1. The Morgan fingerprint density at radius 2 is 1.97 bits per heavy atom. The number of alkyl halides is 3. The second-order valence-corrected chi connectivity index (χ2v) is 8.00. The van der Waals surface area contributed by atoms with Gasteiger partial charge in [0.2, 0.25) is 11.8 Å². The van der Waals surface area contributed by atoms with Crippen molar-refractivity contribution >= 4 is 23.5 Å². The first-order valence-corrected chi connectivity index (χ1v) is 10.6. The lowest BCUT2D eigenvalue weighted by molar-refractivity contribution is -0.321. The number of ketones is 1. The maximum Gasteiger partial charge on any atom is 0.522 e. The van der Waals surface area contributed by atoms with Gasteiger partial charge < -0.3 is 20.9 Å². The van der Waals surface area contributed by atoms with E-state index in [1.165, 1.54) is 0 Å². The van der Waals surface area contributed by atoms with Gasteiger partial charge in [-0.15, -0.1) is 13.2 Å². The molecule has 1 fully saturated rings. The molecule has 0 bridgehead atoms. The molecule has 188 valence electrons. The Morgan fingerprint density at radius 3 is 2.57 bits per heavy atom. The Balaban J connectivity index is 1.87. The van der Waals surface area contributed by atoms with Gasteiger partial charge in [0, 0.05) is 18.0 Å². The minimum atomic E-state index is -5.05. The molecule has 2 heterocycles. The number of nitrogens with two attached hydrogens (primary N) is 1. The van der Waals surface area contributed by atoms with Crippen molar-refractivity contribution in [1.29, 1.82) is 0 Å². The molecule has 3 atom stereocenters. The third kappa shape index (κ3) is 7.12. The number of Topliss-reactive ketones (excluding diaryl/α,β-unsaturated/α-hetero) is 1. The monoisotopic (exact) mass is 496 g/mol. The molecule has 2 aromatic rings. The lowest BCUT2D eigenvalue weighted by atomic mass is 9.90. The van der Waals surface area contributed by atoms with Crippen LogP contribution in [0.1, 0.15) is 40.4 Å². The molecule has 0 unspecified atom stereocenters. The maximum absolute atomic E-state index is 13.3. The van der Waals surface area contributed by atoms with Crippen molar-refractivity contribution in [3.8, 4) is 0 Å². The summed E-state index contributed by atoms with van der Waals surface area (Å²) < 4.78 is 46.0. The number of nitrogens with zero attached hydrogens (tertiary/aromatic N) is 1. The number of aromatic nitrogens is 1. The smallest absolute Gasteiger partial charge is 0.364 e. The van der Waals surface area contributed by atoms with Gasteiger partial charge in [0.25, 0.3) is 5.91 Å². The number of ether oxygens (including phenoxy) is 1. The van der Waals surface area contributed by atoms with Crippen molar-refractivity contribution in [2.75, 3.05) is 13.2 Å². The van der Waals surface area contributed by atoms with Gasteiger partial charge in [-0.3, -0.25) is 23.9 Å². The second-order valence-electron chi connectivity index (χ2n) is 8.00. The van der Waals surface area contributed by atoms with Crippen LogP contribution in [0.3, 0.4) is 0 Å². The topological polar surface area (TPSA) is 154 Å². The van der Waals surface area contributed by atoms with Crippen LogP contribution >= 0.6 is 0 Å². The Kier molecular flexibility index (Phi) is 8.22. The van der Waals surface area contributed by atoms with E-state index in [9.17, 15) is 32.3 Å². The van der Waals surface area contributed by atoms with E-state index in [4.69, 9.17) is 10.3 Å². The number of carbonyl (C=O) groups excluding carboxylic acids is 4. The van der Waals surface area contributed by atoms with E-state index in [2.05, 4.69) is 20.5 Å². The van der Waals surface area contributed by atoms with E-state index in [1.54, 1.807) is 30.3 Å². The molecule has 13 heteroatoms. The van der Waals surface area contributed by atoms with Crippen LogP contribution in [0, 0.1) is 5.92 Å². The van der Waals surface area contributed by atoms with Gasteiger partial charge in [0.1, 0.15) is 12.9 Å². The molecule has 0 saturated carbocycles. The molecule has 3 amide bonds. The number of nitrogens with one attached hydrogen (secondary N) is 2. The summed E-state index contributed by atoms with van der Waals surface area (Å²) in [6.07, 6.45) is -3.81. The summed E-state index contributed by atoms with van der Waals surface area (Å²) in [5.74, 6) is -4.97. The molecule has 1 aliphatic rings. The number of halogens is 3. The average Bonchev–Trinajstić information content (AvgIpc) is 3.45. The minimum absolute atomic E-state index is 0.0397. The van der Waals surface area contributed by atoms with Crippen LogP contribution in [0.25, 0.3) is 0 Å². The SMILES string of the molecule is NC(=O)c1nocc1[C@H](Cc1ccccc1)C(=O)N[C@@H](C[C@@H]1CCNC1=O)C(=O)COC(F)(F)F. The normalized spacial score (nSPS) is 17.5. The Bertz CT molecular complexity index is 1070. The van der Waals surface area contributed by atoms with E-state index >= 15 is 0 Å². The number of amides is 3. The summed E-state index contributed by atoms with van der Waals surface area (Å²) in [5.41, 5.74) is 5.77. The zero-order valence-electron chi connectivity index (χ0n) is 18.3. The standard InChI is InChI=1S/C22H23F3N4O6/c23-22(24,25)34-11-17(30)16(9-13-6-7-27-20(13)32)28-21(33)14(8-12-4-2-1-3-5-12)15-10-35-29-18(15)19(26)31/h1-5,10,13-14,16H,6-9,11H2,(H2,26,31)(H,27,32)(H,28,33)/t13-,14-,16-/m0/s1. The summed E-state index contributed by atoms with van der Waals surface area (Å²) in [6.45, 7) is -0.997. The highest BCUT2D eigenvalue weighted by Gasteiger charge is 2.37. The van der Waals surface area contributed by atoms with Gasteiger partial charge in [-0.2, -0.15) is 0 Å². The van der Waals surface area contributed by atoms with E-state index in [0.717, 1.165) is 6.26 Å². The summed E-state index contributed by atoms with van der Waals surface area (Å²) in [6, 6.07) is 7.21. The fourth-order valence-electron chi connectivity index (χ4n) is 3.82. The van der Waals surface area contributed by atoms with Crippen molar-refractivity contribution in [3.63, 3.8) is 0 Å². The zero-order valence-corrected chi connectivity index (χ0v) is 18.3. The molecule has 0 spiro atoms. The Hall–Kier alpha value is -3.74. The van der Waals surface area contributed by atoms with Crippen molar-refractivity contribution in [2.45, 2.75) is 37.6 Å². The summed E-state index contributed by atoms with van der Waals surface area (Å²) in [5, 5.41) is 8.54. The molecule has 1 aliphatic heterocycles. The highest BCUT2D eigenvalue weighted by atomic mass is 19.4. The fraction of sp³-hybridized carbons (Fsp3) is 0.409. The number of hydrogen-bond acceptors (Lipinski definition) is 7. The lowest BCUT2D eigenvalue weighted by Crippen LogP contribution is -2.47. The molecular formula is C22H23F3N4O6. The van der Waals surface area contributed by atoms with Crippen molar-refractivity contribution in [2.24, 2.45) is 11.7 Å². The Morgan fingerprint density at radius 1 is 1.26 bits per heavy atom. The van der Waals surface area contributed by atoms with Gasteiger partial charge in [-0.25, -0.2) is 0 Å². The molecule has 10 nitrogen and oxygen atoms in total. The molecule has 0 radical (unpaired) electrons. The van der Waals surface area contributed by atoms with Crippen molar-refractivity contribution in [1.82, 2.24) is 15.8 Å². The molecule has 4 N–H and O–H groups in total. The quantitative estimate of drug-likeness (QED) is 0.423. The zero-order chi connectivity index (χ0) is 25.6. The molecule has 1 saturated heterocycles. The van der Waals surface area contributed by atoms with Gasteiger partial charge in [-0.05, 0) is 24.8 Å². The van der Waals surface area contributed by atoms with E-state index in [1.807, 2.05) is 0 Å². The first-order chi connectivity index (χ1) is 16.5. The predicted octanol–water partition coefficient (Wildman–Crippen LogP) is 1.22. The van der Waals surface area contributed by atoms with Gasteiger partial charge >= 0.3 is 6.36 Å². The lowest BCUT2D eigenvalue weighted by Gasteiger charge is -2.23. The van der Waals surface area contributed by atoms with Crippen LogP contribution in [0.2, 0.25) is 0 Å². The summed E-state index contributed by atoms with van der Waals surface area (Å²) in [4.78, 5) is 49.7. The van der Waals surface area contributed by atoms with Crippen LogP contribution < -0.4 is 16.4 Å². The number of primary amides is 1. The third-order valence-electron chi connectivity index (χ3n) is 5.57. The molecule has 0 aliphatic carbocycles. The molecular weight excluding hydrogens is 473 g/mol. The highest BCUT2D eigenvalue weighted by Crippen LogP contribution is 2.26. The molecule has 35 heavy (non-hydrogen) atoms. The van der Waals surface area contributed by atoms with Crippen LogP contribution in [-0.2, 0) is 25.5 Å². The highest BCUT2D eigenvalue weighted by molar-refractivity contribution is 5.97. The summed E-state index contributed by atoms with van der Waals surface area (Å²) >= 11 is 0. The second kappa shape index (κ2) is 11.1. The Labute approximate surface area is 197 Å². The molecule has 3 rings (SSSR count). The molecule has 1 aromatic heterocycles. The van der Waals surface area contributed by atoms with E-state index in [0.29, 0.717) is 18.5 Å². The van der Waals surface area contributed by atoms with Crippen LogP contribution in [0.4, 0.5) is 13.2 Å². The third-order valence-corrected chi connectivity index (χ3v) is 5.57. The first kappa shape index (κ1) is 25.9. The molecule has 1 aromatic carbocycles. The predicted molar refractivity (Wildman–Crippen MR) is 113 cm³/mol. The first-order valence-electron chi connectivity index (χ1n) is 10.6. The van der Waals surface area contributed by atoms with Crippen molar-refractivity contribution < 1.29 is 41.6 Å². The summed E-state index contributed by atoms with van der Waals surface area (Å²) in [7, 11) is 0. The maximum atomic E-state index is 13.3. The number of hydrogen-bond donors (Lipinski definition) is 3. The van der Waals surface area contributed by atoms with Gasteiger partial charge in [-0.1, -0.05) is 35.5 Å². The van der Waals surface area contributed by atoms with Gasteiger partial charge in [0.15, 0.2) is 11.5 Å². The van der Waals surface area contributed by atoms with Gasteiger partial charge in [0.05, 0.1) is 12.0 Å². The van der Waals surface area contributed by atoms with Crippen molar-refractivity contribution in [3.05, 3.63) is 53.4 Å². The minimum Gasteiger partial charge on any atom is -0.364 e. The van der Waals surface area contributed by atoms with E-state index in [-0.39, 0.29) is 30.0 Å². The number of rotatable bonds is 11. The van der Waals surface area contributed by atoms with Crippen LogP contribution in [0.5, 0.6) is 0 Å². The average molecular weight is 496 g/mol. The largest absolute Gasteiger partial charge is 0.522 e.